The quantitative estimate of drug-likeness (QED) is 0.703. The molecule has 2 rings (SSSR count). The van der Waals surface area contributed by atoms with E-state index in [1.54, 1.807) is 0 Å². The van der Waals surface area contributed by atoms with Gasteiger partial charge in [0, 0.05) is 6.54 Å². The Balaban J connectivity index is 2.42. The fourth-order valence-electron chi connectivity index (χ4n) is 2.37. The third-order valence-corrected chi connectivity index (χ3v) is 3.14. The number of fused-ring (bicyclic) bond motifs is 1. The number of hydroxylamine groups is 1. The van der Waals surface area contributed by atoms with Gasteiger partial charge in [0.15, 0.2) is 0 Å². The van der Waals surface area contributed by atoms with Gasteiger partial charge in [-0.15, -0.1) is 0 Å². The highest BCUT2D eigenvalue weighted by Gasteiger charge is 2.14. The van der Waals surface area contributed by atoms with Crippen LogP contribution in [0.5, 0.6) is 0 Å². The smallest absolute Gasteiger partial charge is 0.0460 e. The van der Waals surface area contributed by atoms with Gasteiger partial charge in [-0.1, -0.05) is 12.1 Å². The van der Waals surface area contributed by atoms with Crippen molar-refractivity contribution in [2.75, 3.05) is 0 Å². The number of nitrogens with one attached hydrogen (secondary N) is 1. The van der Waals surface area contributed by atoms with Crippen LogP contribution in [0.15, 0.2) is 12.1 Å². The predicted octanol–water partition coefficient (Wildman–Crippen LogP) is 2.35. The lowest BCUT2D eigenvalue weighted by Gasteiger charge is -2.21. The Bertz CT molecular complexity index is 333. The third kappa shape index (κ3) is 1.68. The van der Waals surface area contributed by atoms with E-state index in [0.717, 1.165) is 0 Å². The van der Waals surface area contributed by atoms with Crippen molar-refractivity contribution in [1.29, 1.82) is 0 Å². The van der Waals surface area contributed by atoms with Crippen molar-refractivity contribution in [3.05, 3.63) is 34.4 Å². The summed E-state index contributed by atoms with van der Waals surface area (Å²) >= 11 is 0. The molecule has 0 bridgehead atoms. The normalized spacial score (nSPS) is 15.3. The van der Waals surface area contributed by atoms with Gasteiger partial charge in [-0.3, -0.25) is 0 Å². The molecule has 1 aliphatic rings. The van der Waals surface area contributed by atoms with Crippen LogP contribution in [0.25, 0.3) is 0 Å². The van der Waals surface area contributed by atoms with Gasteiger partial charge < -0.3 is 5.21 Å². The second-order valence-electron chi connectivity index (χ2n) is 4.04. The van der Waals surface area contributed by atoms with Crippen molar-refractivity contribution < 1.29 is 5.21 Å². The lowest BCUT2D eigenvalue weighted by atomic mass is 9.85. The van der Waals surface area contributed by atoms with E-state index in [4.69, 9.17) is 5.21 Å². The standard InChI is InChI=1S/C12H17NO/c1-9-6-7-10(8-13-14)12-5-3-2-4-11(9)12/h6-7,13-14H,2-5,8H2,1H3. The first-order valence-corrected chi connectivity index (χ1v) is 5.30. The molecule has 0 atom stereocenters. The molecule has 1 aromatic carbocycles. The van der Waals surface area contributed by atoms with Crippen molar-refractivity contribution in [3.8, 4) is 0 Å². The molecule has 2 heteroatoms. The van der Waals surface area contributed by atoms with Gasteiger partial charge in [0.25, 0.3) is 0 Å². The molecule has 0 saturated carbocycles. The number of aryl methyl sites for hydroxylation is 1. The first-order chi connectivity index (χ1) is 6.83. The van der Waals surface area contributed by atoms with Gasteiger partial charge in [-0.2, -0.15) is 0 Å². The maximum Gasteiger partial charge on any atom is 0.0460 e. The monoisotopic (exact) mass is 191 g/mol. The molecular formula is C12H17NO. The van der Waals surface area contributed by atoms with E-state index in [2.05, 4.69) is 24.5 Å². The van der Waals surface area contributed by atoms with E-state index in [1.165, 1.54) is 47.9 Å². The molecule has 0 unspecified atom stereocenters. The molecule has 1 aliphatic carbocycles. The van der Waals surface area contributed by atoms with E-state index >= 15 is 0 Å². The zero-order valence-corrected chi connectivity index (χ0v) is 8.64. The second-order valence-corrected chi connectivity index (χ2v) is 4.04. The maximum absolute atomic E-state index is 8.74. The lowest BCUT2D eigenvalue weighted by molar-refractivity contribution is 0.161. The molecule has 0 amide bonds. The zero-order chi connectivity index (χ0) is 9.97. The number of rotatable bonds is 2. The Morgan fingerprint density at radius 3 is 2.64 bits per heavy atom. The number of benzene rings is 1. The SMILES string of the molecule is Cc1ccc(CNO)c2c1CCCC2. The van der Waals surface area contributed by atoms with Crippen LogP contribution < -0.4 is 5.48 Å². The van der Waals surface area contributed by atoms with E-state index in [1.807, 2.05) is 0 Å². The molecule has 0 spiro atoms. The predicted molar refractivity (Wildman–Crippen MR) is 56.4 cm³/mol. The Labute approximate surface area is 84.9 Å². The van der Waals surface area contributed by atoms with Gasteiger partial charge >= 0.3 is 0 Å². The van der Waals surface area contributed by atoms with Gasteiger partial charge in [-0.05, 0) is 54.9 Å². The van der Waals surface area contributed by atoms with E-state index in [-0.39, 0.29) is 0 Å². The zero-order valence-electron chi connectivity index (χ0n) is 8.64. The summed E-state index contributed by atoms with van der Waals surface area (Å²) in [6, 6.07) is 4.29. The third-order valence-electron chi connectivity index (χ3n) is 3.14. The van der Waals surface area contributed by atoms with Crippen molar-refractivity contribution in [1.82, 2.24) is 5.48 Å². The van der Waals surface area contributed by atoms with Crippen molar-refractivity contribution in [3.63, 3.8) is 0 Å². The summed E-state index contributed by atoms with van der Waals surface area (Å²) < 4.78 is 0. The van der Waals surface area contributed by atoms with E-state index in [0.29, 0.717) is 6.54 Å². The molecule has 0 aromatic heterocycles. The molecule has 0 radical (unpaired) electrons. The summed E-state index contributed by atoms with van der Waals surface area (Å²) in [4.78, 5) is 0. The summed E-state index contributed by atoms with van der Waals surface area (Å²) in [6.45, 7) is 2.75. The molecule has 0 heterocycles. The lowest BCUT2D eigenvalue weighted by Crippen LogP contribution is -2.13. The minimum atomic E-state index is 0.572. The minimum Gasteiger partial charge on any atom is -0.316 e. The fraction of sp³-hybridized carbons (Fsp3) is 0.500. The Morgan fingerprint density at radius 2 is 1.93 bits per heavy atom. The summed E-state index contributed by atoms with van der Waals surface area (Å²) in [5.41, 5.74) is 7.90. The maximum atomic E-state index is 8.74. The average molecular weight is 191 g/mol. The van der Waals surface area contributed by atoms with E-state index in [9.17, 15) is 0 Å². The summed E-state index contributed by atoms with van der Waals surface area (Å²) in [6.07, 6.45) is 4.98. The largest absolute Gasteiger partial charge is 0.316 e. The molecule has 14 heavy (non-hydrogen) atoms. The second kappa shape index (κ2) is 4.11. The van der Waals surface area contributed by atoms with Crippen LogP contribution in [-0.4, -0.2) is 5.21 Å². The van der Waals surface area contributed by atoms with Crippen LogP contribution in [0.2, 0.25) is 0 Å². The number of hydrogen-bond acceptors (Lipinski definition) is 2. The molecular weight excluding hydrogens is 174 g/mol. The number of hydrogen-bond donors (Lipinski definition) is 2. The van der Waals surface area contributed by atoms with E-state index < -0.39 is 0 Å². The highest BCUT2D eigenvalue weighted by Crippen LogP contribution is 2.27. The van der Waals surface area contributed by atoms with Crippen LogP contribution in [0, 0.1) is 6.92 Å². The molecule has 2 nitrogen and oxygen atoms in total. The molecule has 0 aliphatic heterocycles. The summed E-state index contributed by atoms with van der Waals surface area (Å²) in [5, 5.41) is 8.74. The highest BCUT2D eigenvalue weighted by molar-refractivity contribution is 5.42. The van der Waals surface area contributed by atoms with Crippen molar-refractivity contribution in [2.24, 2.45) is 0 Å². The van der Waals surface area contributed by atoms with Crippen LogP contribution in [0.4, 0.5) is 0 Å². The Kier molecular flexibility index (Phi) is 2.85. The molecule has 1 aromatic rings. The molecule has 0 saturated heterocycles. The van der Waals surface area contributed by atoms with Crippen LogP contribution in [-0.2, 0) is 19.4 Å². The van der Waals surface area contributed by atoms with Crippen LogP contribution >= 0.6 is 0 Å². The molecule has 2 N–H and O–H groups in total. The molecule has 0 fully saturated rings. The van der Waals surface area contributed by atoms with Gasteiger partial charge in [0.1, 0.15) is 0 Å². The Hall–Kier alpha value is -0.860. The van der Waals surface area contributed by atoms with Gasteiger partial charge in [0.05, 0.1) is 0 Å². The summed E-state index contributed by atoms with van der Waals surface area (Å²) in [7, 11) is 0. The highest BCUT2D eigenvalue weighted by atomic mass is 16.5. The topological polar surface area (TPSA) is 32.3 Å². The first kappa shape index (κ1) is 9.69. The Morgan fingerprint density at radius 1 is 1.21 bits per heavy atom. The van der Waals surface area contributed by atoms with Crippen LogP contribution in [0.1, 0.15) is 35.1 Å². The minimum absolute atomic E-state index is 0.572. The van der Waals surface area contributed by atoms with Gasteiger partial charge in [-0.25, -0.2) is 5.48 Å². The fourth-order valence-corrected chi connectivity index (χ4v) is 2.37. The van der Waals surface area contributed by atoms with Gasteiger partial charge in [0.2, 0.25) is 0 Å². The van der Waals surface area contributed by atoms with Crippen LogP contribution in [0.3, 0.4) is 0 Å². The average Bonchev–Trinajstić information content (AvgIpc) is 2.23. The first-order valence-electron chi connectivity index (χ1n) is 5.30. The summed E-state index contributed by atoms with van der Waals surface area (Å²) in [5.74, 6) is 0. The molecule has 76 valence electrons. The van der Waals surface area contributed by atoms with Crippen molar-refractivity contribution in [2.45, 2.75) is 39.2 Å². The van der Waals surface area contributed by atoms with Crippen molar-refractivity contribution >= 4 is 0 Å².